The lowest BCUT2D eigenvalue weighted by Gasteiger charge is -2.31. The van der Waals surface area contributed by atoms with Gasteiger partial charge in [0.1, 0.15) is 0 Å². The fourth-order valence-electron chi connectivity index (χ4n) is 1.43. The first kappa shape index (κ1) is 11.0. The Balaban J connectivity index is 2.39. The highest BCUT2D eigenvalue weighted by Gasteiger charge is 2.29. The Kier molecular flexibility index (Phi) is 3.88. The summed E-state index contributed by atoms with van der Waals surface area (Å²) in [5.41, 5.74) is 5.35. The van der Waals surface area contributed by atoms with Crippen molar-refractivity contribution in [1.82, 2.24) is 9.80 Å². The molecule has 0 saturated carbocycles. The first-order chi connectivity index (χ1) is 6.66. The quantitative estimate of drug-likeness (QED) is 0.468. The van der Waals surface area contributed by atoms with E-state index in [2.05, 4.69) is 0 Å². The molecule has 0 aliphatic carbocycles. The summed E-state index contributed by atoms with van der Waals surface area (Å²) in [4.78, 5) is 25.8. The third-order valence-corrected chi connectivity index (χ3v) is 2.40. The monoisotopic (exact) mass is 199 g/mol. The molecule has 5 heteroatoms. The van der Waals surface area contributed by atoms with E-state index in [9.17, 15) is 9.59 Å². The van der Waals surface area contributed by atoms with Gasteiger partial charge in [-0.1, -0.05) is 0 Å². The molecule has 0 aromatic rings. The topological polar surface area (TPSA) is 66.6 Å². The lowest BCUT2D eigenvalue weighted by Crippen LogP contribution is -2.52. The summed E-state index contributed by atoms with van der Waals surface area (Å²) in [6.07, 6.45) is 1.77. The number of hydrogen-bond donors (Lipinski definition) is 1. The van der Waals surface area contributed by atoms with Crippen LogP contribution < -0.4 is 5.73 Å². The predicted octanol–water partition coefficient (Wildman–Crippen LogP) is -0.974. The number of hydrogen-bond acceptors (Lipinski definition) is 3. The van der Waals surface area contributed by atoms with Crippen LogP contribution in [0.1, 0.15) is 12.8 Å². The summed E-state index contributed by atoms with van der Waals surface area (Å²) in [6, 6.07) is 0. The summed E-state index contributed by atoms with van der Waals surface area (Å²) in [5.74, 6) is -0.778. The van der Waals surface area contributed by atoms with Crippen molar-refractivity contribution in [3.8, 4) is 0 Å². The number of piperazine rings is 1. The maximum atomic E-state index is 11.4. The van der Waals surface area contributed by atoms with E-state index in [0.717, 1.165) is 12.8 Å². The SMILES string of the molecule is CN1CCN(CCCCN)C(=O)C1=O. The highest BCUT2D eigenvalue weighted by Crippen LogP contribution is 2.04. The van der Waals surface area contributed by atoms with Crippen molar-refractivity contribution < 1.29 is 9.59 Å². The van der Waals surface area contributed by atoms with Crippen LogP contribution in [-0.4, -0.2) is 54.8 Å². The largest absolute Gasteiger partial charge is 0.336 e. The standard InChI is InChI=1S/C9H17N3O2/c1-11-6-7-12(5-3-2-4-10)9(14)8(11)13/h2-7,10H2,1H3. The number of unbranched alkanes of at least 4 members (excludes halogenated alkanes) is 1. The van der Waals surface area contributed by atoms with Gasteiger partial charge in [0, 0.05) is 26.7 Å². The van der Waals surface area contributed by atoms with Gasteiger partial charge in [-0.2, -0.15) is 0 Å². The second-order valence-corrected chi connectivity index (χ2v) is 3.51. The second kappa shape index (κ2) is 4.95. The normalized spacial score (nSPS) is 17.9. The molecule has 1 fully saturated rings. The van der Waals surface area contributed by atoms with Gasteiger partial charge in [0.2, 0.25) is 0 Å². The van der Waals surface area contributed by atoms with E-state index < -0.39 is 5.91 Å². The van der Waals surface area contributed by atoms with E-state index in [4.69, 9.17) is 5.73 Å². The zero-order valence-electron chi connectivity index (χ0n) is 8.53. The van der Waals surface area contributed by atoms with E-state index in [1.165, 1.54) is 4.90 Å². The minimum Gasteiger partial charge on any atom is -0.336 e. The first-order valence-electron chi connectivity index (χ1n) is 4.91. The van der Waals surface area contributed by atoms with Crippen LogP contribution in [0.3, 0.4) is 0 Å². The van der Waals surface area contributed by atoms with E-state index in [1.807, 2.05) is 0 Å². The van der Waals surface area contributed by atoms with Crippen LogP contribution in [-0.2, 0) is 9.59 Å². The van der Waals surface area contributed by atoms with Gasteiger partial charge in [-0.05, 0) is 19.4 Å². The molecular formula is C9H17N3O2. The fourth-order valence-corrected chi connectivity index (χ4v) is 1.43. The molecule has 0 radical (unpaired) electrons. The minimum atomic E-state index is -0.399. The molecule has 2 amide bonds. The maximum Gasteiger partial charge on any atom is 0.312 e. The molecule has 1 aliphatic rings. The van der Waals surface area contributed by atoms with Crippen LogP contribution >= 0.6 is 0 Å². The van der Waals surface area contributed by atoms with Crippen LogP contribution in [0, 0.1) is 0 Å². The van der Waals surface area contributed by atoms with Crippen molar-refractivity contribution in [2.45, 2.75) is 12.8 Å². The summed E-state index contributed by atoms with van der Waals surface area (Å²) >= 11 is 0. The maximum absolute atomic E-state index is 11.4. The molecule has 5 nitrogen and oxygen atoms in total. The number of rotatable bonds is 4. The number of carbonyl (C=O) groups is 2. The van der Waals surface area contributed by atoms with Crippen LogP contribution in [0.5, 0.6) is 0 Å². The molecule has 0 aromatic carbocycles. The van der Waals surface area contributed by atoms with E-state index in [-0.39, 0.29) is 5.91 Å². The third-order valence-electron chi connectivity index (χ3n) is 2.40. The zero-order valence-corrected chi connectivity index (χ0v) is 8.53. The number of likely N-dealkylation sites (N-methyl/N-ethyl adjacent to an activating group) is 1. The van der Waals surface area contributed by atoms with Gasteiger partial charge >= 0.3 is 11.8 Å². The number of carbonyl (C=O) groups excluding carboxylic acids is 2. The Morgan fingerprint density at radius 3 is 2.57 bits per heavy atom. The van der Waals surface area contributed by atoms with E-state index in [0.29, 0.717) is 26.2 Å². The van der Waals surface area contributed by atoms with Crippen molar-refractivity contribution in [2.24, 2.45) is 5.73 Å². The van der Waals surface area contributed by atoms with Crippen LogP contribution in [0.15, 0.2) is 0 Å². The van der Waals surface area contributed by atoms with E-state index >= 15 is 0 Å². The molecule has 14 heavy (non-hydrogen) atoms. The van der Waals surface area contributed by atoms with Crippen molar-refractivity contribution in [1.29, 1.82) is 0 Å². The summed E-state index contributed by atoms with van der Waals surface area (Å²) in [5, 5.41) is 0. The molecule has 0 atom stereocenters. The van der Waals surface area contributed by atoms with Gasteiger partial charge in [-0.3, -0.25) is 9.59 Å². The average Bonchev–Trinajstić information content (AvgIpc) is 2.18. The molecule has 1 rings (SSSR count). The molecular weight excluding hydrogens is 182 g/mol. The van der Waals surface area contributed by atoms with Crippen molar-refractivity contribution >= 4 is 11.8 Å². The Morgan fingerprint density at radius 2 is 1.93 bits per heavy atom. The Labute approximate surface area is 83.8 Å². The lowest BCUT2D eigenvalue weighted by atomic mass is 10.2. The molecule has 2 N–H and O–H groups in total. The van der Waals surface area contributed by atoms with Gasteiger partial charge in [0.25, 0.3) is 0 Å². The van der Waals surface area contributed by atoms with Crippen molar-refractivity contribution in [3.05, 3.63) is 0 Å². The smallest absolute Gasteiger partial charge is 0.312 e. The number of nitrogens with zero attached hydrogens (tertiary/aromatic N) is 2. The van der Waals surface area contributed by atoms with Crippen molar-refractivity contribution in [2.75, 3.05) is 33.2 Å². The highest BCUT2D eigenvalue weighted by atomic mass is 16.2. The van der Waals surface area contributed by atoms with Crippen LogP contribution in [0.2, 0.25) is 0 Å². The summed E-state index contributed by atoms with van der Waals surface area (Å²) < 4.78 is 0. The summed E-state index contributed by atoms with van der Waals surface area (Å²) in [6.45, 7) is 2.56. The van der Waals surface area contributed by atoms with Gasteiger partial charge in [-0.25, -0.2) is 0 Å². The molecule has 0 unspecified atom stereocenters. The third kappa shape index (κ3) is 2.45. The molecule has 1 aliphatic heterocycles. The first-order valence-corrected chi connectivity index (χ1v) is 4.91. The predicted molar refractivity (Wildman–Crippen MR) is 52.5 cm³/mol. The molecule has 80 valence electrons. The highest BCUT2D eigenvalue weighted by molar-refractivity contribution is 6.35. The molecule has 0 aromatic heterocycles. The van der Waals surface area contributed by atoms with Crippen molar-refractivity contribution in [3.63, 3.8) is 0 Å². The Bertz CT molecular complexity index is 230. The second-order valence-electron chi connectivity index (χ2n) is 3.51. The van der Waals surface area contributed by atoms with Crippen LogP contribution in [0.4, 0.5) is 0 Å². The zero-order chi connectivity index (χ0) is 10.6. The minimum absolute atomic E-state index is 0.379. The average molecular weight is 199 g/mol. The summed E-state index contributed by atoms with van der Waals surface area (Å²) in [7, 11) is 1.65. The number of amides is 2. The van der Waals surface area contributed by atoms with Crippen LogP contribution in [0.25, 0.3) is 0 Å². The molecule has 1 heterocycles. The Hall–Kier alpha value is -1.10. The van der Waals surface area contributed by atoms with E-state index in [1.54, 1.807) is 11.9 Å². The van der Waals surface area contributed by atoms with Gasteiger partial charge in [0.15, 0.2) is 0 Å². The lowest BCUT2D eigenvalue weighted by molar-refractivity contribution is -0.154. The molecule has 0 spiro atoms. The number of nitrogens with two attached hydrogens (primary N) is 1. The van der Waals surface area contributed by atoms with Gasteiger partial charge in [-0.15, -0.1) is 0 Å². The van der Waals surface area contributed by atoms with Gasteiger partial charge < -0.3 is 15.5 Å². The molecule has 0 bridgehead atoms. The Morgan fingerprint density at radius 1 is 1.21 bits per heavy atom. The fraction of sp³-hybridized carbons (Fsp3) is 0.778. The van der Waals surface area contributed by atoms with Gasteiger partial charge in [0.05, 0.1) is 0 Å². The molecule has 1 saturated heterocycles.